The van der Waals surface area contributed by atoms with Gasteiger partial charge in [0.2, 0.25) is 0 Å². The molecule has 2 amide bonds. The van der Waals surface area contributed by atoms with Gasteiger partial charge < -0.3 is 4.74 Å². The Morgan fingerprint density at radius 2 is 1.97 bits per heavy atom. The van der Waals surface area contributed by atoms with Gasteiger partial charge in [0.25, 0.3) is 16.8 Å². The van der Waals surface area contributed by atoms with Gasteiger partial charge in [0.1, 0.15) is 6.54 Å². The number of nitrogens with zero attached hydrogens (tertiary/aromatic N) is 2. The van der Waals surface area contributed by atoms with Gasteiger partial charge in [-0.05, 0) is 67.1 Å². The fourth-order valence-corrected chi connectivity index (χ4v) is 4.61. The largest absolute Gasteiger partial charge is 0.461 e. The van der Waals surface area contributed by atoms with E-state index in [0.717, 1.165) is 9.80 Å². The maximum Gasteiger partial charge on any atom is 0.326 e. The van der Waals surface area contributed by atoms with Crippen LogP contribution in [0.15, 0.2) is 57.2 Å². The molecule has 0 radical (unpaired) electrons. The van der Waals surface area contributed by atoms with E-state index in [2.05, 4.69) is 0 Å². The molecule has 0 spiro atoms. The van der Waals surface area contributed by atoms with Crippen LogP contribution in [0.5, 0.6) is 0 Å². The van der Waals surface area contributed by atoms with Crippen molar-refractivity contribution in [1.82, 2.24) is 4.90 Å². The summed E-state index contributed by atoms with van der Waals surface area (Å²) in [5.74, 6) is -1.32. The summed E-state index contributed by atoms with van der Waals surface area (Å²) in [4.78, 5) is 50.0. The van der Waals surface area contributed by atoms with E-state index >= 15 is 0 Å². The molecule has 0 aliphatic carbocycles. The van der Waals surface area contributed by atoms with Crippen LogP contribution in [0.3, 0.4) is 0 Å². The number of imide groups is 1. The van der Waals surface area contributed by atoms with Gasteiger partial charge in [0, 0.05) is 16.0 Å². The van der Waals surface area contributed by atoms with Crippen LogP contribution in [0.1, 0.15) is 25.8 Å². The van der Waals surface area contributed by atoms with E-state index in [4.69, 9.17) is 16.3 Å². The summed E-state index contributed by atoms with van der Waals surface area (Å²) in [7, 11) is 0. The molecule has 1 aliphatic heterocycles. The van der Waals surface area contributed by atoms with Crippen LogP contribution in [0.25, 0.3) is 6.08 Å². The zero-order valence-corrected chi connectivity index (χ0v) is 20.0. The number of hydrogen-bond acceptors (Lipinski definition) is 8. The summed E-state index contributed by atoms with van der Waals surface area (Å²) in [6.07, 6.45) is 1.69. The Hall–Kier alpha value is -2.82. The van der Waals surface area contributed by atoms with Gasteiger partial charge in [0.05, 0.1) is 20.8 Å². The number of carbonyl (C=O) groups is 3. The average molecular weight is 507 g/mol. The van der Waals surface area contributed by atoms with E-state index in [0.29, 0.717) is 33.7 Å². The molecular formula is C22H19ClN2O6S2. The van der Waals surface area contributed by atoms with Crippen LogP contribution in [-0.4, -0.2) is 39.6 Å². The standard InChI is InChI=1S/C22H19ClN2O6S2/c1-3-13(2)31-20(26)12-24-21(27)19(33-22(24)28)11-14-4-9-18(17(10-14)25(29)30)32-16-7-5-15(23)6-8-16/h4-11,13H,3,12H2,1-2H3/b19-11-/t13-/m0/s1. The van der Waals surface area contributed by atoms with Crippen molar-refractivity contribution in [2.45, 2.75) is 36.2 Å². The first kappa shape index (κ1) is 24.8. The first-order chi connectivity index (χ1) is 15.7. The van der Waals surface area contributed by atoms with E-state index in [1.54, 1.807) is 43.3 Å². The Balaban J connectivity index is 1.79. The predicted molar refractivity (Wildman–Crippen MR) is 127 cm³/mol. The molecule has 1 fully saturated rings. The Morgan fingerprint density at radius 1 is 1.27 bits per heavy atom. The Bertz CT molecular complexity index is 1140. The number of ether oxygens (including phenoxy) is 1. The Morgan fingerprint density at radius 3 is 2.61 bits per heavy atom. The minimum Gasteiger partial charge on any atom is -0.461 e. The lowest BCUT2D eigenvalue weighted by molar-refractivity contribution is -0.387. The first-order valence-electron chi connectivity index (χ1n) is 9.84. The molecule has 0 aromatic heterocycles. The number of carbonyl (C=O) groups excluding carboxylic acids is 3. The molecule has 1 aliphatic rings. The van der Waals surface area contributed by atoms with Gasteiger partial charge in [-0.15, -0.1) is 0 Å². The van der Waals surface area contributed by atoms with E-state index in [1.165, 1.54) is 23.9 Å². The van der Waals surface area contributed by atoms with Crippen molar-refractivity contribution in [2.75, 3.05) is 6.54 Å². The number of hydrogen-bond donors (Lipinski definition) is 0. The second kappa shape index (κ2) is 10.9. The molecule has 33 heavy (non-hydrogen) atoms. The van der Waals surface area contributed by atoms with Crippen LogP contribution < -0.4 is 0 Å². The summed E-state index contributed by atoms with van der Waals surface area (Å²) < 4.78 is 5.12. The van der Waals surface area contributed by atoms with Crippen molar-refractivity contribution < 1.29 is 24.0 Å². The second-order valence-electron chi connectivity index (χ2n) is 7.02. The number of halogens is 1. The highest BCUT2D eigenvalue weighted by Crippen LogP contribution is 2.37. The summed E-state index contributed by atoms with van der Waals surface area (Å²) >= 11 is 7.76. The highest BCUT2D eigenvalue weighted by atomic mass is 35.5. The van der Waals surface area contributed by atoms with Gasteiger partial charge >= 0.3 is 5.97 Å². The average Bonchev–Trinajstić information content (AvgIpc) is 3.03. The molecule has 3 rings (SSSR count). The molecule has 1 saturated heterocycles. The first-order valence-corrected chi connectivity index (χ1v) is 11.9. The minimum absolute atomic E-state index is 0.0729. The number of benzene rings is 2. The molecule has 0 bridgehead atoms. The normalized spacial score (nSPS) is 15.7. The van der Waals surface area contributed by atoms with Crippen molar-refractivity contribution >= 4 is 64.0 Å². The van der Waals surface area contributed by atoms with E-state index in [-0.39, 0.29) is 16.7 Å². The molecule has 0 unspecified atom stereocenters. The number of amides is 2. The third-order valence-electron chi connectivity index (χ3n) is 4.59. The van der Waals surface area contributed by atoms with E-state index in [1.807, 2.05) is 6.92 Å². The molecule has 0 saturated carbocycles. The fraction of sp³-hybridized carbons (Fsp3) is 0.227. The summed E-state index contributed by atoms with van der Waals surface area (Å²) in [6.45, 7) is 3.08. The van der Waals surface area contributed by atoms with Crippen LogP contribution in [0, 0.1) is 10.1 Å². The molecule has 0 N–H and O–H groups in total. The topological polar surface area (TPSA) is 107 Å². The summed E-state index contributed by atoms with van der Waals surface area (Å²) in [5.41, 5.74) is 0.245. The lowest BCUT2D eigenvalue weighted by Gasteiger charge is -2.14. The highest BCUT2D eigenvalue weighted by Gasteiger charge is 2.37. The third-order valence-corrected chi connectivity index (χ3v) is 6.82. The van der Waals surface area contributed by atoms with Crippen molar-refractivity contribution in [3.8, 4) is 0 Å². The van der Waals surface area contributed by atoms with Crippen molar-refractivity contribution in [2.24, 2.45) is 0 Å². The van der Waals surface area contributed by atoms with Gasteiger partial charge in [-0.25, -0.2) is 0 Å². The van der Waals surface area contributed by atoms with E-state index < -0.39 is 28.6 Å². The number of nitro benzene ring substituents is 1. The van der Waals surface area contributed by atoms with Crippen molar-refractivity contribution in [1.29, 1.82) is 0 Å². The van der Waals surface area contributed by atoms with Crippen LogP contribution >= 0.6 is 35.1 Å². The smallest absolute Gasteiger partial charge is 0.326 e. The molecule has 8 nitrogen and oxygen atoms in total. The lowest BCUT2D eigenvalue weighted by atomic mass is 10.2. The van der Waals surface area contributed by atoms with Crippen molar-refractivity contribution in [3.05, 3.63) is 68.1 Å². The third kappa shape index (κ3) is 6.37. The Kier molecular flexibility index (Phi) is 8.17. The van der Waals surface area contributed by atoms with Gasteiger partial charge in [-0.2, -0.15) is 0 Å². The summed E-state index contributed by atoms with van der Waals surface area (Å²) in [6, 6.07) is 11.4. The maximum absolute atomic E-state index is 12.6. The number of esters is 1. The SMILES string of the molecule is CC[C@H](C)OC(=O)CN1C(=O)S/C(=C\c2ccc(Sc3ccc(Cl)cc3)c([N+](=O)[O-])c2)C1=O. The van der Waals surface area contributed by atoms with Gasteiger partial charge in [-0.3, -0.25) is 29.4 Å². The number of nitro groups is 1. The zero-order valence-electron chi connectivity index (χ0n) is 17.6. The lowest BCUT2D eigenvalue weighted by Crippen LogP contribution is -2.35. The Labute approximate surface area is 203 Å². The van der Waals surface area contributed by atoms with Crippen LogP contribution in [-0.2, 0) is 14.3 Å². The van der Waals surface area contributed by atoms with Gasteiger partial charge in [0.15, 0.2) is 0 Å². The minimum atomic E-state index is -0.674. The van der Waals surface area contributed by atoms with Crippen LogP contribution in [0.4, 0.5) is 10.5 Å². The summed E-state index contributed by atoms with van der Waals surface area (Å²) in [5, 5.41) is 11.6. The molecular weight excluding hydrogens is 488 g/mol. The second-order valence-corrected chi connectivity index (χ2v) is 9.56. The highest BCUT2D eigenvalue weighted by molar-refractivity contribution is 8.18. The van der Waals surface area contributed by atoms with Crippen LogP contribution in [0.2, 0.25) is 5.02 Å². The quantitative estimate of drug-likeness (QED) is 0.192. The molecule has 172 valence electrons. The molecule has 2 aromatic carbocycles. The predicted octanol–water partition coefficient (Wildman–Crippen LogP) is 5.78. The maximum atomic E-state index is 12.6. The molecule has 2 aromatic rings. The molecule has 11 heteroatoms. The van der Waals surface area contributed by atoms with Crippen molar-refractivity contribution in [3.63, 3.8) is 0 Å². The molecule has 1 atom stereocenters. The fourth-order valence-electron chi connectivity index (χ4n) is 2.74. The van der Waals surface area contributed by atoms with E-state index in [9.17, 15) is 24.5 Å². The number of rotatable bonds is 8. The zero-order chi connectivity index (χ0) is 24.1. The van der Waals surface area contributed by atoms with Gasteiger partial charge in [-0.1, -0.05) is 36.4 Å². The molecule has 1 heterocycles. The number of thioether (sulfide) groups is 1. The monoisotopic (exact) mass is 506 g/mol.